The first-order valence-electron chi connectivity index (χ1n) is 12.6. The number of rotatable bonds is 11. The van der Waals surface area contributed by atoms with Gasteiger partial charge in [-0.15, -0.1) is 0 Å². The van der Waals surface area contributed by atoms with Crippen LogP contribution in [0.1, 0.15) is 51.5 Å². The Morgan fingerprint density at radius 2 is 2.03 bits per heavy atom. The van der Waals surface area contributed by atoms with Crippen LogP contribution in [0.2, 0.25) is 0 Å². The fourth-order valence-electron chi connectivity index (χ4n) is 6.11. The number of nitrogens with one attached hydrogen (secondary N) is 1. The van der Waals surface area contributed by atoms with Crippen molar-refractivity contribution in [2.45, 2.75) is 76.2 Å². The maximum absolute atomic E-state index is 13.9. The van der Waals surface area contributed by atoms with Gasteiger partial charge < -0.3 is 24.8 Å². The Labute approximate surface area is 201 Å². The Hall–Kier alpha value is -2.45. The van der Waals surface area contributed by atoms with Crippen LogP contribution in [0.25, 0.3) is 0 Å². The van der Waals surface area contributed by atoms with E-state index in [1.165, 1.54) is 4.90 Å². The van der Waals surface area contributed by atoms with Crippen LogP contribution in [-0.2, 0) is 30.3 Å². The molecule has 8 heteroatoms. The van der Waals surface area contributed by atoms with Gasteiger partial charge in [-0.05, 0) is 38.2 Å². The SMILES string of the molecule is CCCCCNC(=O)C1N([C@@H](CO)Cc2ccccc2)C(=O)[C@@H]2[C@H](C(=O)OCC)[C@@H]3CCC12O3. The summed E-state index contributed by atoms with van der Waals surface area (Å²) in [6.07, 6.45) is 3.98. The topological polar surface area (TPSA) is 105 Å². The van der Waals surface area contributed by atoms with E-state index in [0.717, 1.165) is 24.8 Å². The number of hydrogen-bond acceptors (Lipinski definition) is 6. The highest BCUT2D eigenvalue weighted by molar-refractivity contribution is 5.98. The van der Waals surface area contributed by atoms with Gasteiger partial charge in [-0.3, -0.25) is 14.4 Å². The lowest BCUT2D eigenvalue weighted by atomic mass is 9.71. The molecule has 8 nitrogen and oxygen atoms in total. The zero-order valence-corrected chi connectivity index (χ0v) is 20.1. The minimum Gasteiger partial charge on any atom is -0.466 e. The summed E-state index contributed by atoms with van der Waals surface area (Å²) in [4.78, 5) is 41.9. The lowest BCUT2D eigenvalue weighted by molar-refractivity contribution is -0.155. The fourth-order valence-corrected chi connectivity index (χ4v) is 6.11. The highest BCUT2D eigenvalue weighted by atomic mass is 16.6. The Morgan fingerprint density at radius 3 is 2.71 bits per heavy atom. The third-order valence-corrected chi connectivity index (χ3v) is 7.54. The lowest BCUT2D eigenvalue weighted by Crippen LogP contribution is -2.58. The summed E-state index contributed by atoms with van der Waals surface area (Å²) in [5, 5.41) is 13.3. The van der Waals surface area contributed by atoms with Crippen molar-refractivity contribution >= 4 is 17.8 Å². The number of ether oxygens (including phenoxy) is 2. The zero-order valence-electron chi connectivity index (χ0n) is 20.1. The summed E-state index contributed by atoms with van der Waals surface area (Å²) >= 11 is 0. The van der Waals surface area contributed by atoms with E-state index < -0.39 is 41.6 Å². The molecule has 3 saturated heterocycles. The molecule has 4 rings (SSSR count). The van der Waals surface area contributed by atoms with Crippen molar-refractivity contribution < 1.29 is 29.0 Å². The molecule has 1 aromatic rings. The normalized spacial score (nSPS) is 30.3. The molecule has 2 bridgehead atoms. The van der Waals surface area contributed by atoms with E-state index in [2.05, 4.69) is 12.2 Å². The standard InChI is InChI=1S/C26H36N2O6/c1-3-5-9-14-27-23(30)22-26-13-12-19(34-26)20(25(32)33-4-2)21(26)24(31)28(22)18(16-29)15-17-10-7-6-8-11-17/h6-8,10-11,18-22,29H,3-5,9,12-16H2,1-2H3,(H,27,30)/t18-,19+,20-,21+,22?,26?/m1/s1. The van der Waals surface area contributed by atoms with Crippen molar-refractivity contribution in [1.29, 1.82) is 0 Å². The Morgan fingerprint density at radius 1 is 1.26 bits per heavy atom. The fraction of sp³-hybridized carbons (Fsp3) is 0.654. The summed E-state index contributed by atoms with van der Waals surface area (Å²) in [6, 6.07) is 8.09. The number of likely N-dealkylation sites (tertiary alicyclic amines) is 1. The van der Waals surface area contributed by atoms with Crippen LogP contribution in [0.4, 0.5) is 0 Å². The van der Waals surface area contributed by atoms with Gasteiger partial charge in [-0.2, -0.15) is 0 Å². The maximum Gasteiger partial charge on any atom is 0.312 e. The predicted octanol–water partition coefficient (Wildman–Crippen LogP) is 1.83. The van der Waals surface area contributed by atoms with Crippen LogP contribution in [0.5, 0.6) is 0 Å². The molecule has 3 aliphatic heterocycles. The molecular formula is C26H36N2O6. The highest BCUT2D eigenvalue weighted by Crippen LogP contribution is 2.59. The second-order valence-electron chi connectivity index (χ2n) is 9.58. The summed E-state index contributed by atoms with van der Waals surface area (Å²) in [5.74, 6) is -2.52. The molecule has 2 N–H and O–H groups in total. The smallest absolute Gasteiger partial charge is 0.312 e. The molecule has 1 spiro atoms. The maximum atomic E-state index is 13.9. The number of nitrogens with zero attached hydrogens (tertiary/aromatic N) is 1. The van der Waals surface area contributed by atoms with Gasteiger partial charge >= 0.3 is 5.97 Å². The minimum absolute atomic E-state index is 0.217. The van der Waals surface area contributed by atoms with Gasteiger partial charge in [-0.25, -0.2) is 0 Å². The van der Waals surface area contributed by atoms with E-state index in [-0.39, 0.29) is 25.0 Å². The van der Waals surface area contributed by atoms with E-state index in [1.54, 1.807) is 6.92 Å². The van der Waals surface area contributed by atoms with Crippen molar-refractivity contribution in [1.82, 2.24) is 10.2 Å². The molecule has 34 heavy (non-hydrogen) atoms. The second kappa shape index (κ2) is 10.4. The van der Waals surface area contributed by atoms with Crippen molar-refractivity contribution in [3.05, 3.63) is 35.9 Å². The number of aliphatic hydroxyl groups is 1. The molecule has 2 unspecified atom stereocenters. The Balaban J connectivity index is 1.67. The molecule has 0 saturated carbocycles. The molecule has 3 heterocycles. The van der Waals surface area contributed by atoms with E-state index >= 15 is 0 Å². The first-order chi connectivity index (χ1) is 16.5. The molecule has 0 aliphatic carbocycles. The molecular weight excluding hydrogens is 436 g/mol. The van der Waals surface area contributed by atoms with Crippen molar-refractivity contribution in [3.63, 3.8) is 0 Å². The zero-order chi connectivity index (χ0) is 24.3. The van der Waals surface area contributed by atoms with Crippen molar-refractivity contribution in [2.75, 3.05) is 19.8 Å². The number of carbonyl (C=O) groups excluding carboxylic acids is 3. The quantitative estimate of drug-likeness (QED) is 0.376. The van der Waals surface area contributed by atoms with Gasteiger partial charge in [0.1, 0.15) is 11.6 Å². The predicted molar refractivity (Wildman–Crippen MR) is 125 cm³/mol. The van der Waals surface area contributed by atoms with Crippen LogP contribution in [0.15, 0.2) is 30.3 Å². The molecule has 3 fully saturated rings. The minimum atomic E-state index is -1.07. The Kier molecular flexibility index (Phi) is 7.57. The second-order valence-corrected chi connectivity index (χ2v) is 9.58. The monoisotopic (exact) mass is 472 g/mol. The van der Waals surface area contributed by atoms with Gasteiger partial charge in [0, 0.05) is 6.54 Å². The van der Waals surface area contributed by atoms with Gasteiger partial charge in [0.2, 0.25) is 11.8 Å². The molecule has 6 atom stereocenters. The van der Waals surface area contributed by atoms with E-state index in [0.29, 0.717) is 25.8 Å². The summed E-state index contributed by atoms with van der Waals surface area (Å²) < 4.78 is 11.7. The average Bonchev–Trinajstić information content (AvgIpc) is 3.48. The number of aliphatic hydroxyl groups excluding tert-OH is 1. The number of amides is 2. The third-order valence-electron chi connectivity index (χ3n) is 7.54. The number of fused-ring (bicyclic) bond motifs is 1. The van der Waals surface area contributed by atoms with Crippen LogP contribution in [-0.4, -0.2) is 71.3 Å². The first kappa shape index (κ1) is 24.7. The van der Waals surface area contributed by atoms with E-state index in [4.69, 9.17) is 9.47 Å². The van der Waals surface area contributed by atoms with Crippen LogP contribution in [0, 0.1) is 11.8 Å². The molecule has 1 aromatic carbocycles. The molecule has 3 aliphatic rings. The summed E-state index contributed by atoms with van der Waals surface area (Å²) in [5.41, 5.74) is -0.115. The molecule has 0 radical (unpaired) electrons. The van der Waals surface area contributed by atoms with Crippen molar-refractivity contribution in [3.8, 4) is 0 Å². The average molecular weight is 473 g/mol. The summed E-state index contributed by atoms with van der Waals surface area (Å²) in [7, 11) is 0. The molecule has 186 valence electrons. The lowest BCUT2D eigenvalue weighted by Gasteiger charge is -2.36. The van der Waals surface area contributed by atoms with Crippen molar-refractivity contribution in [2.24, 2.45) is 11.8 Å². The van der Waals surface area contributed by atoms with Crippen LogP contribution in [0.3, 0.4) is 0 Å². The number of esters is 1. The van der Waals surface area contributed by atoms with E-state index in [9.17, 15) is 19.5 Å². The number of carbonyl (C=O) groups is 3. The third kappa shape index (κ3) is 4.22. The van der Waals surface area contributed by atoms with E-state index in [1.807, 2.05) is 30.3 Å². The first-order valence-corrected chi connectivity index (χ1v) is 12.6. The van der Waals surface area contributed by atoms with Gasteiger partial charge in [0.25, 0.3) is 0 Å². The highest BCUT2D eigenvalue weighted by Gasteiger charge is 2.75. The number of unbranched alkanes of at least 4 members (excludes halogenated alkanes) is 2. The Bertz CT molecular complexity index is 893. The van der Waals surface area contributed by atoms with Gasteiger partial charge in [-0.1, -0.05) is 50.1 Å². The van der Waals surface area contributed by atoms with Crippen LogP contribution < -0.4 is 5.32 Å². The number of benzene rings is 1. The van der Waals surface area contributed by atoms with Gasteiger partial charge in [0.15, 0.2) is 0 Å². The molecule has 0 aromatic heterocycles. The molecule has 2 amide bonds. The number of hydrogen-bond donors (Lipinski definition) is 2. The van der Waals surface area contributed by atoms with Crippen LogP contribution >= 0.6 is 0 Å². The van der Waals surface area contributed by atoms with Gasteiger partial charge in [0.05, 0.1) is 37.2 Å². The largest absolute Gasteiger partial charge is 0.466 e. The summed E-state index contributed by atoms with van der Waals surface area (Å²) in [6.45, 7) is 4.27.